The van der Waals surface area contributed by atoms with Gasteiger partial charge in [0.2, 0.25) is 5.91 Å². The first-order valence-electron chi connectivity index (χ1n) is 11.2. The van der Waals surface area contributed by atoms with Crippen LogP contribution in [0.1, 0.15) is 24.6 Å². The van der Waals surface area contributed by atoms with Gasteiger partial charge < -0.3 is 14.8 Å². The molecule has 4 rings (SSSR count). The summed E-state index contributed by atoms with van der Waals surface area (Å²) < 4.78 is 12.8. The van der Waals surface area contributed by atoms with E-state index in [4.69, 9.17) is 9.47 Å². The van der Waals surface area contributed by atoms with Gasteiger partial charge in [0.1, 0.15) is 10.8 Å². The van der Waals surface area contributed by atoms with Gasteiger partial charge in [-0.2, -0.15) is 4.98 Å². The number of aromatic nitrogens is 2. The van der Waals surface area contributed by atoms with E-state index < -0.39 is 0 Å². The molecular formula is C23H30N4O4S. The first-order chi connectivity index (χ1) is 15.7. The molecule has 2 aromatic rings. The third kappa shape index (κ3) is 5.51. The van der Waals surface area contributed by atoms with E-state index in [0.29, 0.717) is 29.6 Å². The second-order valence-electron chi connectivity index (χ2n) is 7.85. The molecule has 1 amide bonds. The summed E-state index contributed by atoms with van der Waals surface area (Å²) in [5.41, 5.74) is 2.64. The molecule has 0 spiro atoms. The lowest BCUT2D eigenvalue weighted by Crippen LogP contribution is -2.40. The average Bonchev–Trinajstić information content (AvgIpc) is 3.29. The number of fused-ring (bicyclic) bond motifs is 1. The fourth-order valence-corrected chi connectivity index (χ4v) is 5.05. The van der Waals surface area contributed by atoms with Crippen LogP contribution in [-0.2, 0) is 28.9 Å². The second-order valence-corrected chi connectivity index (χ2v) is 8.81. The van der Waals surface area contributed by atoms with E-state index in [-0.39, 0.29) is 17.3 Å². The lowest BCUT2D eigenvalue weighted by molar-refractivity contribution is -0.113. The fraction of sp³-hybridized carbons (Fsp3) is 0.522. The number of para-hydroxylation sites is 2. The molecular weight excluding hydrogens is 428 g/mol. The number of benzene rings is 1. The van der Waals surface area contributed by atoms with Gasteiger partial charge in [-0.15, -0.1) is 0 Å². The van der Waals surface area contributed by atoms with Crippen molar-refractivity contribution in [3.05, 3.63) is 46.0 Å². The van der Waals surface area contributed by atoms with E-state index in [2.05, 4.69) is 15.2 Å². The Kier molecular flexibility index (Phi) is 7.83. The molecule has 0 saturated carbocycles. The number of carbonyl (C=O) groups excluding carboxylic acids is 1. The Hall–Kier alpha value is -2.36. The van der Waals surface area contributed by atoms with E-state index in [1.165, 1.54) is 11.8 Å². The summed E-state index contributed by atoms with van der Waals surface area (Å²) in [6.07, 6.45) is 2.80. The molecule has 1 aromatic heterocycles. The van der Waals surface area contributed by atoms with Gasteiger partial charge in [0.05, 0.1) is 31.3 Å². The van der Waals surface area contributed by atoms with Gasteiger partial charge in [-0.05, 0) is 38.3 Å². The van der Waals surface area contributed by atoms with Crippen LogP contribution < -0.4 is 15.7 Å². The van der Waals surface area contributed by atoms with Gasteiger partial charge in [0.25, 0.3) is 0 Å². The van der Waals surface area contributed by atoms with Crippen LogP contribution in [0.2, 0.25) is 0 Å². The van der Waals surface area contributed by atoms with Gasteiger partial charge >= 0.3 is 5.69 Å². The van der Waals surface area contributed by atoms with Crippen molar-refractivity contribution in [3.8, 4) is 5.75 Å². The number of anilines is 1. The molecule has 9 heteroatoms. The zero-order valence-corrected chi connectivity index (χ0v) is 19.3. The van der Waals surface area contributed by atoms with Crippen molar-refractivity contribution >= 4 is 23.4 Å². The maximum Gasteiger partial charge on any atom is 0.348 e. The van der Waals surface area contributed by atoms with E-state index in [0.717, 1.165) is 63.4 Å². The van der Waals surface area contributed by atoms with Crippen molar-refractivity contribution in [3.63, 3.8) is 0 Å². The summed E-state index contributed by atoms with van der Waals surface area (Å²) in [7, 11) is 0. The van der Waals surface area contributed by atoms with E-state index in [9.17, 15) is 9.59 Å². The van der Waals surface area contributed by atoms with Crippen molar-refractivity contribution in [2.24, 2.45) is 0 Å². The van der Waals surface area contributed by atoms with E-state index in [1.807, 2.05) is 35.8 Å². The number of amides is 1. The Balaban J connectivity index is 1.41. The second kappa shape index (κ2) is 11.0. The Morgan fingerprint density at radius 2 is 2.03 bits per heavy atom. The standard InChI is InChI=1S/C23H30N4O4S/c1-2-31-20-9-4-3-7-18(20)24-21(28)16-32-22-17-6-5-8-19(17)27(23(29)25-22)11-10-26-12-14-30-15-13-26/h3-4,7,9H,2,5-6,8,10-16H2,1H3,(H,24,28). The molecule has 2 heterocycles. The summed E-state index contributed by atoms with van der Waals surface area (Å²) in [4.78, 5) is 32.0. The highest BCUT2D eigenvalue weighted by Gasteiger charge is 2.23. The molecule has 1 saturated heterocycles. The topological polar surface area (TPSA) is 85.7 Å². The van der Waals surface area contributed by atoms with Crippen LogP contribution in [0.5, 0.6) is 5.75 Å². The first kappa shape index (κ1) is 22.8. The molecule has 2 aliphatic rings. The minimum absolute atomic E-state index is 0.146. The fourth-order valence-electron chi connectivity index (χ4n) is 4.17. The summed E-state index contributed by atoms with van der Waals surface area (Å²) in [5, 5.41) is 3.60. The maximum absolute atomic E-state index is 12.8. The molecule has 8 nitrogen and oxygen atoms in total. The van der Waals surface area contributed by atoms with Crippen LogP contribution in [0.25, 0.3) is 0 Å². The number of hydrogen-bond acceptors (Lipinski definition) is 7. The highest BCUT2D eigenvalue weighted by molar-refractivity contribution is 8.00. The zero-order chi connectivity index (χ0) is 22.3. The van der Waals surface area contributed by atoms with Crippen LogP contribution >= 0.6 is 11.8 Å². The molecule has 1 N–H and O–H groups in total. The third-order valence-electron chi connectivity index (χ3n) is 5.75. The van der Waals surface area contributed by atoms with Crippen LogP contribution in [0, 0.1) is 0 Å². The quantitative estimate of drug-likeness (QED) is 0.455. The van der Waals surface area contributed by atoms with E-state index >= 15 is 0 Å². The number of nitrogens with zero attached hydrogens (tertiary/aromatic N) is 3. The number of hydrogen-bond donors (Lipinski definition) is 1. The molecule has 172 valence electrons. The molecule has 32 heavy (non-hydrogen) atoms. The Labute approximate surface area is 192 Å². The number of morpholine rings is 1. The van der Waals surface area contributed by atoms with Crippen molar-refractivity contribution in [1.29, 1.82) is 0 Å². The molecule has 1 aliphatic heterocycles. The zero-order valence-electron chi connectivity index (χ0n) is 18.5. The normalized spacial score (nSPS) is 16.0. The van der Waals surface area contributed by atoms with Crippen LogP contribution in [0.3, 0.4) is 0 Å². The smallest absolute Gasteiger partial charge is 0.348 e. The molecule has 1 aliphatic carbocycles. The van der Waals surface area contributed by atoms with Crippen LogP contribution in [0.4, 0.5) is 5.69 Å². The predicted molar refractivity (Wildman–Crippen MR) is 125 cm³/mol. The molecule has 1 fully saturated rings. The third-order valence-corrected chi connectivity index (χ3v) is 6.76. The average molecular weight is 459 g/mol. The van der Waals surface area contributed by atoms with Crippen molar-refractivity contribution < 1.29 is 14.3 Å². The molecule has 0 unspecified atom stereocenters. The van der Waals surface area contributed by atoms with Gasteiger partial charge in [0.15, 0.2) is 0 Å². The number of ether oxygens (including phenoxy) is 2. The maximum atomic E-state index is 12.8. The minimum Gasteiger partial charge on any atom is -0.492 e. The van der Waals surface area contributed by atoms with Gasteiger partial charge in [-0.1, -0.05) is 23.9 Å². The van der Waals surface area contributed by atoms with Crippen LogP contribution in [-0.4, -0.2) is 65.6 Å². The Bertz CT molecular complexity index is 1000. The molecule has 0 radical (unpaired) electrons. The summed E-state index contributed by atoms with van der Waals surface area (Å²) >= 11 is 1.34. The van der Waals surface area contributed by atoms with Crippen molar-refractivity contribution in [2.75, 3.05) is 50.5 Å². The number of nitrogens with one attached hydrogen (secondary N) is 1. The van der Waals surface area contributed by atoms with Gasteiger partial charge in [-0.25, -0.2) is 4.79 Å². The lowest BCUT2D eigenvalue weighted by atomic mass is 10.2. The van der Waals surface area contributed by atoms with Crippen molar-refractivity contribution in [1.82, 2.24) is 14.5 Å². The van der Waals surface area contributed by atoms with Gasteiger partial charge in [-0.3, -0.25) is 14.3 Å². The summed E-state index contributed by atoms with van der Waals surface area (Å²) in [6.45, 7) is 7.21. The number of thioether (sulfide) groups is 1. The molecule has 0 bridgehead atoms. The number of carbonyl (C=O) groups is 1. The molecule has 0 atom stereocenters. The molecule has 1 aromatic carbocycles. The lowest BCUT2D eigenvalue weighted by Gasteiger charge is -2.27. The number of rotatable bonds is 9. The Morgan fingerprint density at radius 3 is 2.84 bits per heavy atom. The SMILES string of the molecule is CCOc1ccccc1NC(=O)CSc1nc(=O)n(CCN2CCOCC2)c2c1CCC2. The van der Waals surface area contributed by atoms with E-state index in [1.54, 1.807) is 0 Å². The summed E-state index contributed by atoms with van der Waals surface area (Å²) in [6, 6.07) is 7.38. The predicted octanol–water partition coefficient (Wildman–Crippen LogP) is 2.19. The summed E-state index contributed by atoms with van der Waals surface area (Å²) in [5.74, 6) is 0.694. The largest absolute Gasteiger partial charge is 0.492 e. The highest BCUT2D eigenvalue weighted by Crippen LogP contribution is 2.30. The monoisotopic (exact) mass is 458 g/mol. The minimum atomic E-state index is -0.219. The first-order valence-corrected chi connectivity index (χ1v) is 12.2. The van der Waals surface area contributed by atoms with Crippen LogP contribution in [0.15, 0.2) is 34.1 Å². The highest BCUT2D eigenvalue weighted by atomic mass is 32.2. The van der Waals surface area contributed by atoms with Gasteiger partial charge in [0, 0.05) is 37.4 Å². The van der Waals surface area contributed by atoms with Crippen molar-refractivity contribution in [2.45, 2.75) is 37.8 Å². The Morgan fingerprint density at radius 1 is 1.22 bits per heavy atom.